The van der Waals surface area contributed by atoms with Gasteiger partial charge < -0.3 is 9.59 Å². The van der Waals surface area contributed by atoms with Crippen molar-refractivity contribution in [2.75, 3.05) is 26.7 Å². The van der Waals surface area contributed by atoms with Gasteiger partial charge in [-0.25, -0.2) is 0 Å². The minimum atomic E-state index is 0.325. The van der Waals surface area contributed by atoms with Crippen LogP contribution in [0.3, 0.4) is 0 Å². The summed E-state index contributed by atoms with van der Waals surface area (Å²) >= 11 is 0. The van der Waals surface area contributed by atoms with E-state index in [9.17, 15) is 5.11 Å². The van der Waals surface area contributed by atoms with Gasteiger partial charge in [0.1, 0.15) is 6.54 Å². The molecular formula is C39H80NO+. The molecule has 0 aromatic heterocycles. The number of nitrogens with zero attached hydrogens (tertiary/aromatic N) is 1. The molecule has 0 aliphatic carbocycles. The molecule has 0 aromatic carbocycles. The Bertz CT molecular complexity index is 518. The molecule has 246 valence electrons. The van der Waals surface area contributed by atoms with Crippen molar-refractivity contribution in [3.8, 4) is 0 Å². The third-order valence-corrected chi connectivity index (χ3v) is 9.83. The van der Waals surface area contributed by atoms with Gasteiger partial charge in [0.05, 0.1) is 26.2 Å². The number of allylic oxidation sites excluding steroid dienone is 2. The van der Waals surface area contributed by atoms with E-state index in [2.05, 4.69) is 40.0 Å². The van der Waals surface area contributed by atoms with Gasteiger partial charge in [-0.1, -0.05) is 161 Å². The number of quaternary nitrogens is 1. The number of aliphatic hydroxyl groups is 1. The molecule has 2 unspecified atom stereocenters. The van der Waals surface area contributed by atoms with Crippen LogP contribution in [-0.2, 0) is 0 Å². The van der Waals surface area contributed by atoms with Crippen molar-refractivity contribution < 1.29 is 9.59 Å². The van der Waals surface area contributed by atoms with Crippen molar-refractivity contribution >= 4 is 0 Å². The largest absolute Gasteiger partial charge is 0.391 e. The van der Waals surface area contributed by atoms with Gasteiger partial charge in [0.25, 0.3) is 0 Å². The first-order valence-electron chi connectivity index (χ1n) is 19.2. The highest BCUT2D eigenvalue weighted by Crippen LogP contribution is 2.20. The first kappa shape index (κ1) is 40.7. The molecule has 0 saturated heterocycles. The lowest BCUT2D eigenvalue weighted by molar-refractivity contribution is -0.932. The molecule has 0 aliphatic heterocycles. The van der Waals surface area contributed by atoms with Gasteiger partial charge in [-0.3, -0.25) is 0 Å². The summed E-state index contributed by atoms with van der Waals surface area (Å²) in [7, 11) is 2.40. The van der Waals surface area contributed by atoms with E-state index in [1.165, 1.54) is 193 Å². The molecule has 0 rings (SSSR count). The summed E-state index contributed by atoms with van der Waals surface area (Å²) in [6.07, 6.45) is 45.4. The fourth-order valence-electron chi connectivity index (χ4n) is 6.45. The van der Waals surface area contributed by atoms with Crippen LogP contribution in [0.25, 0.3) is 0 Å². The average molecular weight is 579 g/mol. The molecule has 1 N–H and O–H groups in total. The Hall–Kier alpha value is -0.340. The molecule has 0 bridgehead atoms. The minimum Gasteiger partial charge on any atom is -0.391 e. The Labute approximate surface area is 261 Å². The first-order valence-corrected chi connectivity index (χ1v) is 19.2. The summed E-state index contributed by atoms with van der Waals surface area (Å²) in [5, 5.41) is 9.76. The SMILES string of the molecule is CCCCCCCC/C=C/CCCCCCCC[N+](C)(CCO)C(C)CCCCCCCCCCCCCCCC. The second kappa shape index (κ2) is 32.6. The highest BCUT2D eigenvalue weighted by Gasteiger charge is 2.27. The van der Waals surface area contributed by atoms with E-state index in [1.54, 1.807) is 0 Å². The van der Waals surface area contributed by atoms with Crippen LogP contribution >= 0.6 is 0 Å². The van der Waals surface area contributed by atoms with E-state index < -0.39 is 0 Å². The third-order valence-electron chi connectivity index (χ3n) is 9.83. The van der Waals surface area contributed by atoms with E-state index in [0.717, 1.165) is 11.0 Å². The lowest BCUT2D eigenvalue weighted by Gasteiger charge is -2.40. The van der Waals surface area contributed by atoms with Crippen LogP contribution in [0.15, 0.2) is 12.2 Å². The van der Waals surface area contributed by atoms with E-state index in [-0.39, 0.29) is 0 Å². The standard InChI is InChI=1S/C39H80NO/c1-5-7-9-11-13-15-17-19-21-22-24-26-28-30-32-34-36-40(4,37-38-41)39(3)35-33-31-29-27-25-23-20-18-16-14-12-10-8-6-2/h19,21,39,41H,5-18,20,22-38H2,1-4H3/q+1/b21-19+. The Balaban J connectivity index is 3.69. The molecule has 2 nitrogen and oxygen atoms in total. The van der Waals surface area contributed by atoms with E-state index in [4.69, 9.17) is 0 Å². The van der Waals surface area contributed by atoms with Crippen LogP contribution in [0, 0.1) is 0 Å². The van der Waals surface area contributed by atoms with E-state index in [0.29, 0.717) is 12.6 Å². The Morgan fingerprint density at radius 3 is 1.20 bits per heavy atom. The first-order chi connectivity index (χ1) is 20.1. The number of hydrogen-bond acceptors (Lipinski definition) is 1. The highest BCUT2D eigenvalue weighted by atomic mass is 16.3. The fourth-order valence-corrected chi connectivity index (χ4v) is 6.45. The normalized spacial score (nSPS) is 14.2. The maximum Gasteiger partial charge on any atom is 0.102 e. The zero-order chi connectivity index (χ0) is 30.1. The van der Waals surface area contributed by atoms with Gasteiger partial charge in [-0.2, -0.15) is 0 Å². The Kier molecular flexibility index (Phi) is 32.3. The van der Waals surface area contributed by atoms with Crippen LogP contribution in [0.2, 0.25) is 0 Å². The molecule has 0 spiro atoms. The number of likely N-dealkylation sites (N-methyl/N-ethyl adjacent to an activating group) is 1. The summed E-state index contributed by atoms with van der Waals surface area (Å²) in [6.45, 7) is 9.52. The smallest absolute Gasteiger partial charge is 0.102 e. The van der Waals surface area contributed by atoms with E-state index in [1.807, 2.05) is 0 Å². The van der Waals surface area contributed by atoms with Gasteiger partial charge in [-0.15, -0.1) is 0 Å². The van der Waals surface area contributed by atoms with Gasteiger partial charge in [0.2, 0.25) is 0 Å². The Morgan fingerprint density at radius 2 is 0.805 bits per heavy atom. The zero-order valence-corrected chi connectivity index (χ0v) is 29.3. The molecule has 41 heavy (non-hydrogen) atoms. The topological polar surface area (TPSA) is 20.2 Å². The van der Waals surface area contributed by atoms with Gasteiger partial charge in [0, 0.05) is 0 Å². The molecular weight excluding hydrogens is 498 g/mol. The second-order valence-electron chi connectivity index (χ2n) is 13.8. The fraction of sp³-hybridized carbons (Fsp3) is 0.949. The molecule has 2 atom stereocenters. The highest BCUT2D eigenvalue weighted by molar-refractivity contribution is 4.81. The van der Waals surface area contributed by atoms with Crippen molar-refractivity contribution in [1.82, 2.24) is 0 Å². The van der Waals surface area contributed by atoms with Crippen LogP contribution in [0.4, 0.5) is 0 Å². The van der Waals surface area contributed by atoms with Crippen LogP contribution < -0.4 is 0 Å². The molecule has 0 saturated carbocycles. The van der Waals surface area contributed by atoms with Crippen LogP contribution in [-0.4, -0.2) is 42.4 Å². The molecule has 0 fully saturated rings. The summed E-state index contributed by atoms with van der Waals surface area (Å²) in [4.78, 5) is 0. The predicted molar refractivity (Wildman–Crippen MR) is 187 cm³/mol. The minimum absolute atomic E-state index is 0.325. The summed E-state index contributed by atoms with van der Waals surface area (Å²) < 4.78 is 1.07. The monoisotopic (exact) mass is 579 g/mol. The predicted octanol–water partition coefficient (Wildman–Crippen LogP) is 12.7. The van der Waals surface area contributed by atoms with Crippen LogP contribution in [0.1, 0.15) is 207 Å². The van der Waals surface area contributed by atoms with Crippen molar-refractivity contribution in [2.24, 2.45) is 0 Å². The second-order valence-corrected chi connectivity index (χ2v) is 13.8. The maximum atomic E-state index is 9.76. The molecule has 0 amide bonds. The van der Waals surface area contributed by atoms with Crippen molar-refractivity contribution in [3.63, 3.8) is 0 Å². The lowest BCUT2D eigenvalue weighted by atomic mass is 10.0. The lowest BCUT2D eigenvalue weighted by Crippen LogP contribution is -2.53. The molecule has 0 aromatic rings. The number of aliphatic hydroxyl groups excluding tert-OH is 1. The molecule has 0 heterocycles. The number of unbranched alkanes of at least 4 members (excludes halogenated alkanes) is 25. The number of rotatable bonds is 34. The maximum absolute atomic E-state index is 9.76. The van der Waals surface area contributed by atoms with Crippen LogP contribution in [0.5, 0.6) is 0 Å². The van der Waals surface area contributed by atoms with Gasteiger partial charge in [0.15, 0.2) is 0 Å². The zero-order valence-electron chi connectivity index (χ0n) is 29.3. The summed E-state index contributed by atoms with van der Waals surface area (Å²) in [5.74, 6) is 0. The molecule has 0 radical (unpaired) electrons. The van der Waals surface area contributed by atoms with Gasteiger partial charge in [-0.05, 0) is 58.3 Å². The van der Waals surface area contributed by atoms with Crippen molar-refractivity contribution in [2.45, 2.75) is 213 Å². The van der Waals surface area contributed by atoms with E-state index >= 15 is 0 Å². The van der Waals surface area contributed by atoms with Crippen molar-refractivity contribution in [3.05, 3.63) is 12.2 Å². The average Bonchev–Trinajstić information content (AvgIpc) is 2.97. The third kappa shape index (κ3) is 28.2. The molecule has 0 aliphatic rings. The molecule has 2 heteroatoms. The quantitative estimate of drug-likeness (QED) is 0.0457. The van der Waals surface area contributed by atoms with Crippen molar-refractivity contribution in [1.29, 1.82) is 0 Å². The van der Waals surface area contributed by atoms with Gasteiger partial charge >= 0.3 is 0 Å². The summed E-state index contributed by atoms with van der Waals surface area (Å²) in [5.41, 5.74) is 0. The Morgan fingerprint density at radius 1 is 0.463 bits per heavy atom. The summed E-state index contributed by atoms with van der Waals surface area (Å²) in [6, 6.07) is 0.669. The number of hydrogen-bond donors (Lipinski definition) is 1.